The minimum absolute atomic E-state index is 0.0338. The van der Waals surface area contributed by atoms with E-state index in [9.17, 15) is 19.0 Å². The second-order valence-corrected chi connectivity index (χ2v) is 23.4. The number of ether oxygens (including phenoxy) is 2. The van der Waals surface area contributed by atoms with Crippen LogP contribution in [0.3, 0.4) is 0 Å². The molecular formula is C66H118NO8P. The molecule has 2 atom stereocenters. The monoisotopic (exact) mass is 1080 g/mol. The maximum atomic E-state index is 12.8. The first kappa shape index (κ1) is 73.2. The first-order valence-corrected chi connectivity index (χ1v) is 32.8. The fourth-order valence-corrected chi connectivity index (χ4v) is 9.33. The zero-order chi connectivity index (χ0) is 55.6. The van der Waals surface area contributed by atoms with Gasteiger partial charge in [-0.2, -0.15) is 0 Å². The molecule has 0 aliphatic carbocycles. The normalized spacial score (nSPS) is 13.8. The lowest BCUT2D eigenvalue weighted by atomic mass is 10.0. The Morgan fingerprint density at radius 3 is 1.13 bits per heavy atom. The lowest BCUT2D eigenvalue weighted by molar-refractivity contribution is -0.870. The van der Waals surface area contributed by atoms with Crippen LogP contribution in [0.2, 0.25) is 0 Å². The van der Waals surface area contributed by atoms with Gasteiger partial charge < -0.3 is 27.9 Å². The van der Waals surface area contributed by atoms with Gasteiger partial charge in [0.25, 0.3) is 7.82 Å². The smallest absolute Gasteiger partial charge is 0.306 e. The van der Waals surface area contributed by atoms with Crippen LogP contribution in [0, 0.1) is 0 Å². The van der Waals surface area contributed by atoms with E-state index in [4.69, 9.17) is 18.5 Å². The van der Waals surface area contributed by atoms with Gasteiger partial charge in [-0.3, -0.25) is 14.2 Å². The zero-order valence-corrected chi connectivity index (χ0v) is 50.8. The fraction of sp³-hybridized carbons (Fsp3) is 0.758. The molecule has 0 saturated heterocycles. The number of likely N-dealkylation sites (N-methyl/N-ethyl adjacent to an activating group) is 1. The van der Waals surface area contributed by atoms with E-state index >= 15 is 0 Å². The number of unbranched alkanes of at least 4 members (excludes halogenated alkanes) is 29. The molecule has 0 saturated carbocycles. The Morgan fingerprint density at radius 1 is 0.421 bits per heavy atom. The molecule has 0 aromatic heterocycles. The molecule has 0 N–H and O–H groups in total. The summed E-state index contributed by atoms with van der Waals surface area (Å²) in [6.07, 6.45) is 76.3. The Bertz CT molecular complexity index is 1560. The summed E-state index contributed by atoms with van der Waals surface area (Å²) in [6.45, 7) is 4.14. The molecule has 2 unspecified atom stereocenters. The van der Waals surface area contributed by atoms with E-state index in [1.54, 1.807) is 0 Å². The van der Waals surface area contributed by atoms with Crippen molar-refractivity contribution in [3.05, 3.63) is 85.1 Å². The van der Waals surface area contributed by atoms with Crippen LogP contribution in [0.25, 0.3) is 0 Å². The molecule has 0 radical (unpaired) electrons. The molecule has 0 spiro atoms. The number of esters is 2. The van der Waals surface area contributed by atoms with E-state index in [1.165, 1.54) is 161 Å². The van der Waals surface area contributed by atoms with Crippen LogP contribution < -0.4 is 4.89 Å². The second-order valence-electron chi connectivity index (χ2n) is 22.0. The van der Waals surface area contributed by atoms with Gasteiger partial charge in [-0.05, 0) is 89.9 Å². The molecule has 0 heterocycles. The van der Waals surface area contributed by atoms with E-state index in [-0.39, 0.29) is 32.0 Å². The summed E-state index contributed by atoms with van der Waals surface area (Å²) in [4.78, 5) is 37.9. The Balaban J connectivity index is 4.12. The predicted octanol–water partition coefficient (Wildman–Crippen LogP) is 19.2. The van der Waals surface area contributed by atoms with Crippen LogP contribution in [-0.2, 0) is 32.7 Å². The zero-order valence-electron chi connectivity index (χ0n) is 49.9. The van der Waals surface area contributed by atoms with E-state index in [0.29, 0.717) is 17.4 Å². The summed E-state index contributed by atoms with van der Waals surface area (Å²) in [7, 11) is 1.16. The van der Waals surface area contributed by atoms with Crippen LogP contribution in [0.4, 0.5) is 0 Å². The number of carbonyl (C=O) groups is 2. The van der Waals surface area contributed by atoms with E-state index < -0.39 is 26.5 Å². The number of phosphoric ester groups is 1. The number of rotatable bonds is 57. The largest absolute Gasteiger partial charge is 0.756 e. The molecule has 0 rings (SSSR count). The number of phosphoric acid groups is 1. The van der Waals surface area contributed by atoms with Crippen molar-refractivity contribution >= 4 is 19.8 Å². The van der Waals surface area contributed by atoms with Gasteiger partial charge in [0.1, 0.15) is 19.8 Å². The highest BCUT2D eigenvalue weighted by Gasteiger charge is 2.22. The lowest BCUT2D eigenvalue weighted by Gasteiger charge is -2.28. The van der Waals surface area contributed by atoms with Gasteiger partial charge in [0, 0.05) is 12.8 Å². The third kappa shape index (κ3) is 60.4. The van der Waals surface area contributed by atoms with Gasteiger partial charge in [-0.25, -0.2) is 0 Å². The van der Waals surface area contributed by atoms with Crippen LogP contribution >= 0.6 is 7.82 Å². The van der Waals surface area contributed by atoms with Gasteiger partial charge in [0.2, 0.25) is 0 Å². The van der Waals surface area contributed by atoms with Crippen molar-refractivity contribution in [3.63, 3.8) is 0 Å². The topological polar surface area (TPSA) is 111 Å². The van der Waals surface area contributed by atoms with Crippen LogP contribution in [0.1, 0.15) is 271 Å². The van der Waals surface area contributed by atoms with E-state index in [1.807, 2.05) is 21.1 Å². The molecule has 0 bridgehead atoms. The summed E-state index contributed by atoms with van der Waals surface area (Å²) in [5, 5.41) is 0. The second kappa shape index (κ2) is 56.9. The highest BCUT2D eigenvalue weighted by molar-refractivity contribution is 7.45. The molecule has 440 valence electrons. The summed E-state index contributed by atoms with van der Waals surface area (Å²) < 4.78 is 34.2. The predicted molar refractivity (Wildman–Crippen MR) is 323 cm³/mol. The third-order valence-electron chi connectivity index (χ3n) is 13.4. The average Bonchev–Trinajstić information content (AvgIpc) is 3.38. The average molecular weight is 1080 g/mol. The number of nitrogens with zero attached hydrogens (tertiary/aromatic N) is 1. The minimum atomic E-state index is -4.64. The Morgan fingerprint density at radius 2 is 0.750 bits per heavy atom. The molecule has 76 heavy (non-hydrogen) atoms. The summed E-state index contributed by atoms with van der Waals surface area (Å²) in [6, 6.07) is 0. The summed E-state index contributed by atoms with van der Waals surface area (Å²) in [5.74, 6) is -0.833. The van der Waals surface area contributed by atoms with Gasteiger partial charge in [0.15, 0.2) is 6.10 Å². The summed E-state index contributed by atoms with van der Waals surface area (Å²) in [5.41, 5.74) is 0. The molecule has 0 aromatic carbocycles. The van der Waals surface area contributed by atoms with E-state index in [0.717, 1.165) is 77.0 Å². The SMILES string of the molecule is CC/C=C\C/C=C\C/C=C\C/C=C\C/C=C\C/C=C\CCCCCCCCCCCCCCC(=O)OC(COC(=O)CCCCCCCCCCC/C=C\CCCCCCCCCC)COP(=O)([O-])OCC[N+](C)(C)C. The maximum Gasteiger partial charge on any atom is 0.306 e. The molecule has 0 aromatic rings. The van der Waals surface area contributed by atoms with Gasteiger partial charge >= 0.3 is 11.9 Å². The molecule has 0 aliphatic rings. The molecule has 0 amide bonds. The highest BCUT2D eigenvalue weighted by atomic mass is 31.2. The van der Waals surface area contributed by atoms with Crippen molar-refractivity contribution in [2.75, 3.05) is 47.5 Å². The lowest BCUT2D eigenvalue weighted by Crippen LogP contribution is -2.37. The Kier molecular flexibility index (Phi) is 54.8. The van der Waals surface area contributed by atoms with Crippen molar-refractivity contribution in [2.45, 2.75) is 277 Å². The Labute approximate surface area is 469 Å². The van der Waals surface area contributed by atoms with Crippen molar-refractivity contribution in [3.8, 4) is 0 Å². The molecule has 0 aliphatic heterocycles. The minimum Gasteiger partial charge on any atom is -0.756 e. The van der Waals surface area contributed by atoms with Crippen molar-refractivity contribution < 1.29 is 42.1 Å². The number of quaternary nitrogens is 1. The van der Waals surface area contributed by atoms with Gasteiger partial charge in [-0.1, -0.05) is 253 Å². The summed E-state index contributed by atoms with van der Waals surface area (Å²) >= 11 is 0. The van der Waals surface area contributed by atoms with Crippen LogP contribution in [0.15, 0.2) is 85.1 Å². The fourth-order valence-electron chi connectivity index (χ4n) is 8.60. The van der Waals surface area contributed by atoms with Crippen molar-refractivity contribution in [2.24, 2.45) is 0 Å². The number of carbonyl (C=O) groups excluding carboxylic acids is 2. The van der Waals surface area contributed by atoms with E-state index in [2.05, 4.69) is 98.9 Å². The third-order valence-corrected chi connectivity index (χ3v) is 14.4. The number of allylic oxidation sites excluding steroid dienone is 14. The molecule has 10 heteroatoms. The highest BCUT2D eigenvalue weighted by Crippen LogP contribution is 2.38. The Hall–Kier alpha value is -2.81. The standard InChI is InChI=1S/C66H118NO8P/c1-6-8-10-12-14-16-18-20-22-24-26-28-29-30-31-32-33-34-35-36-37-39-41-43-45-47-49-51-53-55-57-59-66(69)75-64(63-74-76(70,71)73-61-60-67(3,4)5)62-72-65(68)58-56-54-52-50-48-46-44-42-40-38-27-25-23-21-19-17-15-13-11-9-7-2/h8,10,14,16,20,22,25-28,30-31,33-34,64H,6-7,9,11-13,15,17-19,21,23-24,29,32,35-63H2,1-5H3/b10-8-,16-14-,22-20-,27-25-,28-26-,31-30-,34-33-. The quantitative estimate of drug-likeness (QED) is 0.0195. The maximum absolute atomic E-state index is 12.8. The molecule has 9 nitrogen and oxygen atoms in total. The van der Waals surface area contributed by atoms with Crippen molar-refractivity contribution in [1.82, 2.24) is 0 Å². The number of hydrogen-bond donors (Lipinski definition) is 0. The van der Waals surface area contributed by atoms with Crippen LogP contribution in [0.5, 0.6) is 0 Å². The number of hydrogen-bond acceptors (Lipinski definition) is 8. The first-order valence-electron chi connectivity index (χ1n) is 31.3. The van der Waals surface area contributed by atoms with Gasteiger partial charge in [0.05, 0.1) is 27.7 Å². The van der Waals surface area contributed by atoms with Crippen molar-refractivity contribution in [1.29, 1.82) is 0 Å². The van der Waals surface area contributed by atoms with Gasteiger partial charge in [-0.15, -0.1) is 0 Å². The molecular weight excluding hydrogens is 966 g/mol. The van der Waals surface area contributed by atoms with Crippen LogP contribution in [-0.4, -0.2) is 70.0 Å². The molecule has 0 fully saturated rings. The first-order chi connectivity index (χ1) is 37.0.